The highest BCUT2D eigenvalue weighted by atomic mass is 31.0. The molecule has 120 valence electrons. The van der Waals surface area contributed by atoms with Crippen molar-refractivity contribution in [1.29, 1.82) is 0 Å². The van der Waals surface area contributed by atoms with Crippen molar-refractivity contribution in [2.75, 3.05) is 0 Å². The molecule has 0 saturated heterocycles. The van der Waals surface area contributed by atoms with Crippen LogP contribution in [0.3, 0.4) is 0 Å². The van der Waals surface area contributed by atoms with E-state index in [1.165, 1.54) is 0 Å². The zero-order valence-electron chi connectivity index (χ0n) is 13.3. The summed E-state index contributed by atoms with van der Waals surface area (Å²) >= 11 is 0. The molecule has 3 heteroatoms. The molecule has 0 amide bonds. The first-order valence-corrected chi connectivity index (χ1v) is 8.98. The van der Waals surface area contributed by atoms with Gasteiger partial charge in [0.15, 0.2) is 0 Å². The van der Waals surface area contributed by atoms with E-state index in [2.05, 4.69) is 16.2 Å². The molecule has 0 aromatic heterocycles. The van der Waals surface area contributed by atoms with Crippen molar-refractivity contribution in [3.8, 4) is 0 Å². The Kier molecular flexibility index (Phi) is 3.57. The van der Waals surface area contributed by atoms with Crippen molar-refractivity contribution >= 4 is 31.4 Å². The van der Waals surface area contributed by atoms with Crippen LogP contribution in [0.4, 0.5) is 8.78 Å². The number of hydrogen-bond donors (Lipinski definition) is 0. The van der Waals surface area contributed by atoms with Gasteiger partial charge in [0, 0.05) is 11.1 Å². The molecule has 1 atom stereocenters. The first-order valence-electron chi connectivity index (χ1n) is 8.40. The molecule has 23 heavy (non-hydrogen) atoms. The van der Waals surface area contributed by atoms with Crippen molar-refractivity contribution in [1.82, 2.24) is 0 Å². The summed E-state index contributed by atoms with van der Waals surface area (Å²) in [6.07, 6.45) is 5.68. The molecule has 1 fully saturated rings. The van der Waals surface area contributed by atoms with Gasteiger partial charge in [-0.2, -0.15) is 8.78 Å². The molecule has 4 rings (SSSR count). The summed E-state index contributed by atoms with van der Waals surface area (Å²) in [5, 5.41) is 2.59. The van der Waals surface area contributed by atoms with Crippen LogP contribution in [0.15, 0.2) is 35.9 Å². The van der Waals surface area contributed by atoms with Crippen LogP contribution in [0.1, 0.15) is 43.7 Å². The summed E-state index contributed by atoms with van der Waals surface area (Å²) in [4.78, 5) is 0. The molecule has 0 N–H and O–H groups in total. The lowest BCUT2D eigenvalue weighted by Crippen LogP contribution is -2.26. The van der Waals surface area contributed by atoms with Crippen molar-refractivity contribution < 1.29 is 8.78 Å². The van der Waals surface area contributed by atoms with Crippen molar-refractivity contribution in [3.63, 3.8) is 0 Å². The van der Waals surface area contributed by atoms with Crippen molar-refractivity contribution in [3.05, 3.63) is 47.0 Å². The van der Waals surface area contributed by atoms with Gasteiger partial charge in [0.2, 0.25) is 0 Å². The summed E-state index contributed by atoms with van der Waals surface area (Å²) in [5.41, 5.74) is 1.25. The summed E-state index contributed by atoms with van der Waals surface area (Å²) in [6.45, 7) is 2.22. The summed E-state index contributed by atoms with van der Waals surface area (Å²) < 4.78 is 30.4. The fourth-order valence-electron chi connectivity index (χ4n) is 4.21. The molecule has 2 aromatic carbocycles. The Labute approximate surface area is 138 Å². The van der Waals surface area contributed by atoms with Gasteiger partial charge in [-0.05, 0) is 58.5 Å². The van der Waals surface area contributed by atoms with Crippen LogP contribution in [0.25, 0.3) is 16.8 Å². The van der Waals surface area contributed by atoms with Gasteiger partial charge in [-0.25, -0.2) is 0 Å². The smallest absolute Gasteiger partial charge is 0.196 e. The van der Waals surface area contributed by atoms with E-state index in [9.17, 15) is 0 Å². The number of alkyl halides is 2. The lowest BCUT2D eigenvalue weighted by molar-refractivity contribution is 0.0280. The Morgan fingerprint density at radius 2 is 1.78 bits per heavy atom. The second kappa shape index (κ2) is 5.38. The standard InChI is InChI=1S/C20H21F2P/c1-12-6-8-13(9-7-12)17-11-15-10-14-4-2-3-5-16(14)19(23)18(15)20(17,21)22/h2-5,10-13H,6-9,23H2,1H3. The fourth-order valence-corrected chi connectivity index (χ4v) is 4.82. The first-order chi connectivity index (χ1) is 11.0. The molecular weight excluding hydrogens is 309 g/mol. The van der Waals surface area contributed by atoms with E-state index in [1.807, 2.05) is 30.3 Å². The summed E-state index contributed by atoms with van der Waals surface area (Å²) in [5.74, 6) is -2.13. The molecule has 1 saturated carbocycles. The number of fused-ring (bicyclic) bond motifs is 2. The SMILES string of the molecule is CC1CCC(C2=Cc3cc4ccccc4c(P)c3C2(F)F)CC1. The average molecular weight is 330 g/mol. The fraction of sp³-hybridized carbons (Fsp3) is 0.400. The predicted molar refractivity (Wildman–Crippen MR) is 96.3 cm³/mol. The molecule has 0 nitrogen and oxygen atoms in total. The maximum absolute atomic E-state index is 15.2. The van der Waals surface area contributed by atoms with Crippen LogP contribution in [0.2, 0.25) is 0 Å². The van der Waals surface area contributed by atoms with Gasteiger partial charge in [0.1, 0.15) is 0 Å². The van der Waals surface area contributed by atoms with Gasteiger partial charge < -0.3 is 0 Å². The lowest BCUT2D eigenvalue weighted by atomic mass is 9.78. The molecule has 0 heterocycles. The predicted octanol–water partition coefficient (Wildman–Crippen LogP) is 5.66. The molecule has 0 aliphatic heterocycles. The molecular formula is C20H21F2P. The van der Waals surface area contributed by atoms with Gasteiger partial charge in [0.25, 0.3) is 5.92 Å². The van der Waals surface area contributed by atoms with Crippen LogP contribution in [-0.2, 0) is 5.92 Å². The quantitative estimate of drug-likeness (QED) is 0.592. The Morgan fingerprint density at radius 3 is 2.52 bits per heavy atom. The van der Waals surface area contributed by atoms with Crippen molar-refractivity contribution in [2.45, 2.75) is 38.5 Å². The third-order valence-electron chi connectivity index (χ3n) is 5.56. The minimum Gasteiger partial charge on any atom is -0.196 e. The second-order valence-electron chi connectivity index (χ2n) is 7.11. The molecule has 0 radical (unpaired) electrons. The third-order valence-corrected chi connectivity index (χ3v) is 6.16. The Morgan fingerprint density at radius 1 is 1.09 bits per heavy atom. The zero-order chi connectivity index (χ0) is 16.2. The highest BCUT2D eigenvalue weighted by molar-refractivity contribution is 7.28. The Balaban J connectivity index is 1.82. The number of rotatable bonds is 1. The van der Waals surface area contributed by atoms with Gasteiger partial charge in [-0.3, -0.25) is 0 Å². The normalized spacial score (nSPS) is 26.2. The van der Waals surface area contributed by atoms with E-state index in [4.69, 9.17) is 0 Å². The zero-order valence-corrected chi connectivity index (χ0v) is 14.4. The van der Waals surface area contributed by atoms with Crippen LogP contribution in [0.5, 0.6) is 0 Å². The van der Waals surface area contributed by atoms with E-state index >= 15 is 8.78 Å². The molecule has 0 bridgehead atoms. The molecule has 2 aromatic rings. The van der Waals surface area contributed by atoms with Gasteiger partial charge in [0.05, 0.1) is 0 Å². The van der Waals surface area contributed by atoms with Crippen LogP contribution < -0.4 is 5.30 Å². The lowest BCUT2D eigenvalue weighted by Gasteiger charge is -2.30. The maximum Gasteiger partial charge on any atom is 0.296 e. The Bertz CT molecular complexity index is 799. The van der Waals surface area contributed by atoms with Crippen LogP contribution >= 0.6 is 9.24 Å². The van der Waals surface area contributed by atoms with Crippen LogP contribution in [-0.4, -0.2) is 0 Å². The molecule has 2 aliphatic carbocycles. The Hall–Kier alpha value is -1.27. The van der Waals surface area contributed by atoms with Crippen LogP contribution in [0, 0.1) is 11.8 Å². The monoisotopic (exact) mass is 330 g/mol. The number of allylic oxidation sites excluding steroid dienone is 1. The minimum atomic E-state index is -2.83. The number of halogens is 2. The molecule has 2 aliphatic rings. The van der Waals surface area contributed by atoms with E-state index < -0.39 is 5.92 Å². The largest absolute Gasteiger partial charge is 0.296 e. The number of hydrogen-bond acceptors (Lipinski definition) is 0. The van der Waals surface area contributed by atoms with Gasteiger partial charge >= 0.3 is 0 Å². The van der Waals surface area contributed by atoms with E-state index in [0.29, 0.717) is 22.4 Å². The molecule has 1 unspecified atom stereocenters. The molecule has 0 spiro atoms. The number of benzene rings is 2. The second-order valence-corrected chi connectivity index (χ2v) is 7.68. The third kappa shape index (κ3) is 2.34. The van der Waals surface area contributed by atoms with E-state index in [0.717, 1.165) is 36.5 Å². The maximum atomic E-state index is 15.2. The topological polar surface area (TPSA) is 0 Å². The van der Waals surface area contributed by atoms with E-state index in [-0.39, 0.29) is 11.5 Å². The summed E-state index contributed by atoms with van der Waals surface area (Å²) in [7, 11) is 2.56. The summed E-state index contributed by atoms with van der Waals surface area (Å²) in [6, 6.07) is 9.71. The highest BCUT2D eigenvalue weighted by Gasteiger charge is 2.47. The van der Waals surface area contributed by atoms with Crippen molar-refractivity contribution in [2.24, 2.45) is 11.8 Å². The van der Waals surface area contributed by atoms with Gasteiger partial charge in [-0.1, -0.05) is 44.0 Å². The van der Waals surface area contributed by atoms with Gasteiger partial charge in [-0.15, -0.1) is 9.24 Å². The van der Waals surface area contributed by atoms with E-state index in [1.54, 1.807) is 6.08 Å². The highest BCUT2D eigenvalue weighted by Crippen LogP contribution is 2.51. The average Bonchev–Trinajstić information content (AvgIpc) is 2.79. The first kappa shape index (κ1) is 15.3. The minimum absolute atomic E-state index is 0.0288.